The number of aliphatic hydroxyl groups is 2. The summed E-state index contributed by atoms with van der Waals surface area (Å²) < 4.78 is 10.6. The van der Waals surface area contributed by atoms with E-state index in [0.717, 1.165) is 11.1 Å². The molecule has 2 N–H and O–H groups in total. The molecule has 2 rings (SSSR count). The summed E-state index contributed by atoms with van der Waals surface area (Å²) in [5, 5.41) is 20.0. The van der Waals surface area contributed by atoms with Gasteiger partial charge in [-0.3, -0.25) is 4.79 Å². The van der Waals surface area contributed by atoms with E-state index in [1.165, 1.54) is 0 Å². The Hall–Kier alpha value is -2.38. The molecule has 2 aromatic carbocycles. The van der Waals surface area contributed by atoms with Crippen LogP contribution < -0.4 is 0 Å². The molecular formula is C20H22O6. The number of rotatable bonds is 11. The van der Waals surface area contributed by atoms with Crippen molar-refractivity contribution in [1.82, 2.24) is 0 Å². The molecular weight excluding hydrogens is 336 g/mol. The number of benzene rings is 2. The van der Waals surface area contributed by atoms with Gasteiger partial charge in [0.05, 0.1) is 13.2 Å². The molecule has 6 heteroatoms. The van der Waals surface area contributed by atoms with E-state index in [0.29, 0.717) is 6.29 Å². The van der Waals surface area contributed by atoms with Gasteiger partial charge in [0.2, 0.25) is 0 Å². The molecule has 6 nitrogen and oxygen atoms in total. The van der Waals surface area contributed by atoms with Crippen LogP contribution in [0.3, 0.4) is 0 Å². The van der Waals surface area contributed by atoms with E-state index in [4.69, 9.17) is 9.47 Å². The van der Waals surface area contributed by atoms with Crippen molar-refractivity contribution in [3.8, 4) is 0 Å². The quantitative estimate of drug-likeness (QED) is 0.588. The third kappa shape index (κ3) is 6.16. The van der Waals surface area contributed by atoms with E-state index >= 15 is 0 Å². The topological polar surface area (TPSA) is 93.1 Å². The summed E-state index contributed by atoms with van der Waals surface area (Å²) in [6, 6.07) is 18.3. The molecule has 0 aliphatic carbocycles. The maximum atomic E-state index is 12.0. The van der Waals surface area contributed by atoms with Gasteiger partial charge < -0.3 is 24.5 Å². The Labute approximate surface area is 152 Å². The molecule has 0 saturated carbocycles. The molecule has 138 valence electrons. The van der Waals surface area contributed by atoms with Gasteiger partial charge in [0.1, 0.15) is 24.9 Å². The first kappa shape index (κ1) is 19.9. The lowest BCUT2D eigenvalue weighted by Gasteiger charge is -2.22. The molecule has 0 heterocycles. The van der Waals surface area contributed by atoms with Crippen molar-refractivity contribution in [3.63, 3.8) is 0 Å². The molecule has 0 amide bonds. The minimum Gasteiger partial charge on any atom is -0.387 e. The number of ether oxygens (including phenoxy) is 2. The molecule has 0 unspecified atom stereocenters. The Morgan fingerprint density at radius 1 is 0.923 bits per heavy atom. The second-order valence-corrected chi connectivity index (χ2v) is 5.78. The fourth-order valence-electron chi connectivity index (χ4n) is 2.28. The Bertz CT molecular complexity index is 673. The normalized spacial score (nSPS) is 14.4. The molecule has 0 aliphatic heterocycles. The molecule has 3 atom stereocenters. The van der Waals surface area contributed by atoms with Crippen LogP contribution in [0, 0.1) is 0 Å². The van der Waals surface area contributed by atoms with Crippen LogP contribution in [0.15, 0.2) is 60.7 Å². The molecule has 26 heavy (non-hydrogen) atoms. The van der Waals surface area contributed by atoms with Crippen molar-refractivity contribution in [3.05, 3.63) is 71.8 Å². The summed E-state index contributed by atoms with van der Waals surface area (Å²) in [5.74, 6) is -0.719. The van der Waals surface area contributed by atoms with Crippen molar-refractivity contribution >= 4 is 12.1 Å². The van der Waals surface area contributed by atoms with Gasteiger partial charge in [-0.1, -0.05) is 60.7 Å². The van der Waals surface area contributed by atoms with E-state index in [1.807, 2.05) is 48.5 Å². The first-order valence-electron chi connectivity index (χ1n) is 8.23. The van der Waals surface area contributed by atoms with Crippen molar-refractivity contribution in [2.75, 3.05) is 6.61 Å². The largest absolute Gasteiger partial charge is 0.387 e. The van der Waals surface area contributed by atoms with Crippen molar-refractivity contribution in [1.29, 1.82) is 0 Å². The van der Waals surface area contributed by atoms with Gasteiger partial charge >= 0.3 is 0 Å². The summed E-state index contributed by atoms with van der Waals surface area (Å²) in [4.78, 5) is 23.1. The zero-order valence-electron chi connectivity index (χ0n) is 14.2. The summed E-state index contributed by atoms with van der Waals surface area (Å²) in [7, 11) is 0. The molecule has 0 fully saturated rings. The highest BCUT2D eigenvalue weighted by Crippen LogP contribution is 2.09. The van der Waals surface area contributed by atoms with E-state index in [-0.39, 0.29) is 19.8 Å². The van der Waals surface area contributed by atoms with Crippen LogP contribution >= 0.6 is 0 Å². The first-order valence-corrected chi connectivity index (χ1v) is 8.23. The molecule has 0 saturated heterocycles. The van der Waals surface area contributed by atoms with Gasteiger partial charge in [-0.05, 0) is 11.1 Å². The van der Waals surface area contributed by atoms with Crippen LogP contribution in [0.25, 0.3) is 0 Å². The molecule has 0 spiro atoms. The summed E-state index contributed by atoms with van der Waals surface area (Å²) in [6.45, 7) is -0.0961. The van der Waals surface area contributed by atoms with E-state index in [9.17, 15) is 19.8 Å². The fourth-order valence-corrected chi connectivity index (χ4v) is 2.28. The minimum absolute atomic E-state index is 0.0761. The fraction of sp³-hybridized carbons (Fsp3) is 0.300. The average Bonchev–Trinajstić information content (AvgIpc) is 2.69. The maximum absolute atomic E-state index is 12.0. The molecule has 2 aromatic rings. The molecule has 0 aromatic heterocycles. The highest BCUT2D eigenvalue weighted by atomic mass is 16.5. The lowest BCUT2D eigenvalue weighted by atomic mass is 10.1. The third-order valence-corrected chi connectivity index (χ3v) is 3.77. The number of hydrogen-bond acceptors (Lipinski definition) is 6. The third-order valence-electron chi connectivity index (χ3n) is 3.77. The minimum atomic E-state index is -1.77. The number of Topliss-reactive ketones (excluding diaryl/α,β-unsaturated/α-hetero) is 1. The Morgan fingerprint density at radius 3 is 2.00 bits per heavy atom. The second-order valence-electron chi connectivity index (χ2n) is 5.78. The summed E-state index contributed by atoms with van der Waals surface area (Å²) in [5.41, 5.74) is 1.69. The summed E-state index contributed by atoms with van der Waals surface area (Å²) in [6.07, 6.45) is -4.38. The Kier molecular flexibility index (Phi) is 8.11. The Balaban J connectivity index is 1.80. The van der Waals surface area contributed by atoms with Crippen LogP contribution in [0.5, 0.6) is 0 Å². The monoisotopic (exact) mass is 358 g/mol. The highest BCUT2D eigenvalue weighted by molar-refractivity contribution is 5.85. The van der Waals surface area contributed by atoms with Crippen LogP contribution in [-0.2, 0) is 32.3 Å². The molecule has 0 radical (unpaired) electrons. The van der Waals surface area contributed by atoms with Crippen molar-refractivity contribution < 1.29 is 29.3 Å². The van der Waals surface area contributed by atoms with E-state index in [1.54, 1.807) is 12.1 Å². The van der Waals surface area contributed by atoms with Gasteiger partial charge in [-0.2, -0.15) is 0 Å². The van der Waals surface area contributed by atoms with Crippen molar-refractivity contribution in [2.24, 2.45) is 0 Å². The van der Waals surface area contributed by atoms with Gasteiger partial charge in [0.25, 0.3) is 0 Å². The number of carbonyl (C=O) groups excluding carboxylic acids is 2. The lowest BCUT2D eigenvalue weighted by Crippen LogP contribution is -2.45. The first-order chi connectivity index (χ1) is 12.6. The Morgan fingerprint density at radius 2 is 1.46 bits per heavy atom. The van der Waals surface area contributed by atoms with Crippen LogP contribution in [0.1, 0.15) is 11.1 Å². The standard InChI is InChI=1S/C20H22O6/c21-11-18(26-13-16-9-5-2-6-10-16)20(24)19(23)17(22)14-25-12-15-7-3-1-4-8-15/h1-11,18-20,23-24H,12-14H2/t18-,19-,20-/m0/s1. The zero-order chi connectivity index (χ0) is 18.8. The number of ketones is 1. The van der Waals surface area contributed by atoms with Gasteiger partial charge in [-0.25, -0.2) is 0 Å². The van der Waals surface area contributed by atoms with Gasteiger partial charge in [0.15, 0.2) is 12.1 Å². The SMILES string of the molecule is O=C[C@H](OCc1ccccc1)[C@H](O)[C@@H](O)C(=O)COCc1ccccc1. The lowest BCUT2D eigenvalue weighted by molar-refractivity contribution is -0.150. The number of aliphatic hydroxyl groups excluding tert-OH is 2. The second kappa shape index (κ2) is 10.6. The van der Waals surface area contributed by atoms with E-state index in [2.05, 4.69) is 0 Å². The smallest absolute Gasteiger partial charge is 0.189 e. The molecule has 0 bridgehead atoms. The summed E-state index contributed by atoms with van der Waals surface area (Å²) >= 11 is 0. The zero-order valence-corrected chi connectivity index (χ0v) is 14.2. The van der Waals surface area contributed by atoms with Crippen molar-refractivity contribution in [2.45, 2.75) is 31.5 Å². The van der Waals surface area contributed by atoms with Crippen LogP contribution in [0.4, 0.5) is 0 Å². The van der Waals surface area contributed by atoms with Crippen LogP contribution in [0.2, 0.25) is 0 Å². The molecule has 0 aliphatic rings. The average molecular weight is 358 g/mol. The highest BCUT2D eigenvalue weighted by Gasteiger charge is 2.31. The van der Waals surface area contributed by atoms with Gasteiger partial charge in [0, 0.05) is 0 Å². The maximum Gasteiger partial charge on any atom is 0.189 e. The van der Waals surface area contributed by atoms with Crippen LogP contribution in [-0.4, -0.2) is 47.2 Å². The number of carbonyl (C=O) groups is 2. The predicted molar refractivity (Wildman–Crippen MR) is 94.2 cm³/mol. The van der Waals surface area contributed by atoms with E-state index < -0.39 is 24.1 Å². The number of aldehydes is 1. The van der Waals surface area contributed by atoms with Gasteiger partial charge in [-0.15, -0.1) is 0 Å². The predicted octanol–water partition coefficient (Wildman–Crippen LogP) is 1.28. The number of hydrogen-bond donors (Lipinski definition) is 2.